The maximum absolute atomic E-state index is 12.2. The monoisotopic (exact) mass is 465 g/mol. The van der Waals surface area contributed by atoms with Gasteiger partial charge in [-0.25, -0.2) is 0 Å². The van der Waals surface area contributed by atoms with E-state index in [2.05, 4.69) is 3.13 Å². The average Bonchev–Trinajstić information content (AvgIpc) is 2.55. The van der Waals surface area contributed by atoms with Crippen LogP contribution in [0.4, 0.5) is 5.69 Å². The van der Waals surface area contributed by atoms with Crippen molar-refractivity contribution in [2.45, 2.75) is 6.04 Å². The van der Waals surface area contributed by atoms with Crippen LogP contribution in [0.5, 0.6) is 5.75 Å². The summed E-state index contributed by atoms with van der Waals surface area (Å²) in [7, 11) is 1.71. The number of ether oxygens (including phenoxy) is 1. The standard InChI is InChI=1S/C13H14N3O3.Tl/c1-16-10-6-8(3-5-12(15)17)2-4-11(10)19-7-9(14)13(16)18;/h2-6,9,14H,7H2,1H3,(H2,15,17);/q-1;+1/b5-3+;. The first kappa shape index (κ1) is 15.0. The number of primary amides is 1. The van der Waals surface area contributed by atoms with Crippen LogP contribution in [0.3, 0.4) is 0 Å². The van der Waals surface area contributed by atoms with E-state index in [4.69, 9.17) is 10.5 Å². The van der Waals surface area contributed by atoms with Crippen molar-refractivity contribution in [3.8, 4) is 5.75 Å². The van der Waals surface area contributed by atoms with Gasteiger partial charge in [0.2, 0.25) is 0 Å². The van der Waals surface area contributed by atoms with Crippen molar-refractivity contribution in [3.05, 3.63) is 29.8 Å². The molecule has 3 N–H and O–H groups in total. The Labute approximate surface area is 133 Å². The third-order valence-corrected chi connectivity index (χ3v) is 4.58. The number of carbonyl (C=O) groups is 2. The normalized spacial score (nSPS) is 18.5. The Morgan fingerprint density at radius 3 is 3.00 bits per heavy atom. The molecule has 0 bridgehead atoms. The van der Waals surface area contributed by atoms with Gasteiger partial charge in [0.1, 0.15) is 0 Å². The van der Waals surface area contributed by atoms with Crippen LogP contribution in [-0.4, -0.2) is 57.6 Å². The predicted molar refractivity (Wildman–Crippen MR) is 76.3 cm³/mol. The molecule has 0 saturated carbocycles. The molecule has 1 aromatic rings. The number of hydrogen-bond donors (Lipinski definition) is 2. The molecule has 1 aliphatic rings. The number of likely N-dealkylation sites (N-methyl/N-ethyl adjacent to an activating group) is 1. The van der Waals surface area contributed by atoms with Crippen LogP contribution in [0, 0.1) is 0 Å². The van der Waals surface area contributed by atoms with E-state index in [0.29, 0.717) is 44.1 Å². The molecule has 1 aliphatic heterocycles. The molecule has 102 valence electrons. The topological polar surface area (TPSA) is 84.7 Å². The second-order valence-corrected chi connectivity index (χ2v) is 5.69. The predicted octanol–water partition coefficient (Wildman–Crippen LogP) is -0.418. The Kier molecular flexibility index (Phi) is 4.76. The summed E-state index contributed by atoms with van der Waals surface area (Å²) in [5.74, 6) is 0.115. The Morgan fingerprint density at radius 2 is 2.35 bits per heavy atom. The first-order valence-electron chi connectivity index (χ1n) is 6.01. The number of carbonyl (C=O) groups excluding carboxylic acids is 2. The molecule has 2 amide bonds. The van der Waals surface area contributed by atoms with Gasteiger partial charge in [-0.15, -0.1) is 0 Å². The summed E-state index contributed by atoms with van der Waals surface area (Å²) in [5.41, 5.74) is 6.54. The fraction of sp³-hybridized carbons (Fsp3) is 0.231. The van der Waals surface area contributed by atoms with Crippen LogP contribution in [0.15, 0.2) is 24.3 Å². The van der Waals surface area contributed by atoms with Crippen molar-refractivity contribution in [2.24, 2.45) is 5.73 Å². The molecule has 0 aliphatic carbocycles. The van der Waals surface area contributed by atoms with Gasteiger partial charge < -0.3 is 0 Å². The molecule has 1 aromatic carbocycles. The molecular weight excluding hydrogens is 451 g/mol. The van der Waals surface area contributed by atoms with Gasteiger partial charge in [-0.1, -0.05) is 0 Å². The van der Waals surface area contributed by atoms with Gasteiger partial charge in [0.25, 0.3) is 0 Å². The molecule has 0 fully saturated rings. The van der Waals surface area contributed by atoms with Crippen LogP contribution in [0.25, 0.3) is 6.08 Å². The van der Waals surface area contributed by atoms with Gasteiger partial charge in [0.15, 0.2) is 0 Å². The van der Waals surface area contributed by atoms with E-state index in [-0.39, 0.29) is 11.9 Å². The number of fused-ring (bicyclic) bond motifs is 1. The fourth-order valence-corrected chi connectivity index (χ4v) is 2.85. The second kappa shape index (κ2) is 6.35. The summed E-state index contributed by atoms with van der Waals surface area (Å²) >= 11 is 0.515. The van der Waals surface area contributed by atoms with Crippen molar-refractivity contribution >= 4 is 49.6 Å². The summed E-state index contributed by atoms with van der Waals surface area (Å²) in [6, 6.07) is 5.09. The average molecular weight is 465 g/mol. The molecule has 1 atom stereocenters. The summed E-state index contributed by atoms with van der Waals surface area (Å²) in [4.78, 5) is 24.6. The molecule has 1 heterocycles. The molecule has 20 heavy (non-hydrogen) atoms. The van der Waals surface area contributed by atoms with Gasteiger partial charge in [0.05, 0.1) is 0 Å². The molecule has 6 nitrogen and oxygen atoms in total. The molecule has 0 saturated heterocycles. The fourth-order valence-electron chi connectivity index (χ4n) is 1.92. The number of hydrogen-bond acceptors (Lipinski definition) is 4. The molecule has 1 unspecified atom stereocenters. The second-order valence-electron chi connectivity index (χ2n) is 4.39. The van der Waals surface area contributed by atoms with Gasteiger partial charge >= 0.3 is 133 Å². The minimum atomic E-state index is -0.512. The molecule has 0 aromatic heterocycles. The van der Waals surface area contributed by atoms with E-state index in [1.54, 1.807) is 30.2 Å². The zero-order chi connectivity index (χ0) is 14.7. The summed E-state index contributed by atoms with van der Waals surface area (Å²) in [6.45, 7) is 0.323. The van der Waals surface area contributed by atoms with Crippen molar-refractivity contribution < 1.29 is 14.3 Å². The van der Waals surface area contributed by atoms with Crippen LogP contribution < -0.4 is 18.5 Å². The van der Waals surface area contributed by atoms with Gasteiger partial charge in [-0.3, -0.25) is 0 Å². The van der Waals surface area contributed by atoms with Crippen molar-refractivity contribution in [3.63, 3.8) is 0 Å². The summed E-state index contributed by atoms with van der Waals surface area (Å²) in [5, 5.41) is 0. The number of anilines is 1. The van der Waals surface area contributed by atoms with Crippen molar-refractivity contribution in [1.82, 2.24) is 3.13 Å². The van der Waals surface area contributed by atoms with Crippen molar-refractivity contribution in [1.29, 1.82) is 0 Å². The Morgan fingerprint density at radius 1 is 1.60 bits per heavy atom. The van der Waals surface area contributed by atoms with E-state index >= 15 is 0 Å². The van der Waals surface area contributed by atoms with E-state index in [9.17, 15) is 9.59 Å². The summed E-state index contributed by atoms with van der Waals surface area (Å²) in [6.07, 6.45) is 2.89. The van der Waals surface area contributed by atoms with Gasteiger partial charge in [-0.2, -0.15) is 0 Å². The van der Waals surface area contributed by atoms with E-state index in [0.717, 1.165) is 5.56 Å². The maximum atomic E-state index is 12.2. The van der Waals surface area contributed by atoms with Crippen LogP contribution in [-0.2, 0) is 9.59 Å². The number of benzene rings is 1. The summed E-state index contributed by atoms with van der Waals surface area (Å²) < 4.78 is 8.75. The third kappa shape index (κ3) is 3.18. The molecule has 7 heteroatoms. The van der Waals surface area contributed by atoms with Crippen LogP contribution in [0.2, 0.25) is 0 Å². The van der Waals surface area contributed by atoms with Crippen molar-refractivity contribution in [2.75, 3.05) is 18.6 Å². The number of nitrogens with one attached hydrogen (secondary N) is 1. The molecule has 0 spiro atoms. The number of amides is 2. The number of rotatable bonds is 3. The third-order valence-electron chi connectivity index (χ3n) is 3.02. The zero-order valence-corrected chi connectivity index (χ0v) is 15.5. The number of nitrogens with two attached hydrogens (primary N) is 1. The molecule has 0 radical (unpaired) electrons. The van der Waals surface area contributed by atoms with Crippen LogP contribution >= 0.6 is 0 Å². The van der Waals surface area contributed by atoms with E-state index in [1.807, 2.05) is 6.07 Å². The first-order chi connectivity index (χ1) is 9.52. The van der Waals surface area contributed by atoms with Crippen LogP contribution in [0.1, 0.15) is 5.56 Å². The van der Waals surface area contributed by atoms with E-state index in [1.165, 1.54) is 6.08 Å². The molecule has 2 rings (SSSR count). The Balaban J connectivity index is 2.36. The first-order valence-corrected chi connectivity index (χ1v) is 8.25. The Bertz CT molecular complexity index is 574. The van der Waals surface area contributed by atoms with E-state index < -0.39 is 5.91 Å². The minimum absolute atomic E-state index is 0.0257. The Hall–Kier alpha value is -1.42. The quantitative estimate of drug-likeness (QED) is 0.470. The van der Waals surface area contributed by atoms with Gasteiger partial charge in [-0.05, 0) is 0 Å². The number of nitrogens with zero attached hydrogens (tertiary/aromatic N) is 1. The molecular formula is C13H14N3O3Tl. The SMILES string of the molecule is CN1C(=O)C([NH][Tl])COc2ccc(/C=C/C(N)=O)cc21. The van der Waals surface area contributed by atoms with Gasteiger partial charge in [0, 0.05) is 0 Å². The zero-order valence-electron chi connectivity index (χ0n) is 11.0.